The van der Waals surface area contributed by atoms with E-state index in [1.807, 2.05) is 24.3 Å². The first-order valence-electron chi connectivity index (χ1n) is 11.9. The molecular weight excluding hydrogens is 555 g/mol. The van der Waals surface area contributed by atoms with Crippen molar-refractivity contribution in [1.82, 2.24) is 15.4 Å². The van der Waals surface area contributed by atoms with Crippen LogP contribution in [-0.4, -0.2) is 144 Å². The zero-order valence-electron chi connectivity index (χ0n) is 22.6. The number of aliphatic hydroxyl groups excluding tert-OH is 3. The summed E-state index contributed by atoms with van der Waals surface area (Å²) in [5.41, 5.74) is 1.48. The number of para-hydroxylation sites is 1. The third kappa shape index (κ3) is 9.86. The second-order valence-corrected chi connectivity index (χ2v) is 11.1. The van der Waals surface area contributed by atoms with E-state index in [2.05, 4.69) is 15.4 Å². The van der Waals surface area contributed by atoms with Crippen molar-refractivity contribution < 1.29 is 48.7 Å². The van der Waals surface area contributed by atoms with Crippen molar-refractivity contribution in [3.8, 4) is 0 Å². The fraction of sp³-hybridized carbons (Fsp3) is 0.565. The normalized spacial score (nSPS) is 26.1. The molecule has 1 unspecified atom stereocenters. The SMILES string of the molecule is CC(C)C[C@H](NP(=O)(O)O[C@@H]1O[C@@H](C)[C@H](O)[C@@H](O)[C@H]1O)C(=O)N[C@@H](Cc1c[nH]c2ccccc12)C(=O)O.[Na].[Na]. The Kier molecular flexibility index (Phi) is 14.8. The van der Waals surface area contributed by atoms with Crippen molar-refractivity contribution in [2.24, 2.45) is 5.92 Å². The zero-order valence-corrected chi connectivity index (χ0v) is 27.5. The molecule has 2 radical (unpaired) electrons. The van der Waals surface area contributed by atoms with E-state index in [1.54, 1.807) is 20.0 Å². The molecule has 3 rings (SSSR count). The fourth-order valence-electron chi connectivity index (χ4n) is 4.15. The Morgan fingerprint density at radius 3 is 2.36 bits per heavy atom. The van der Waals surface area contributed by atoms with Gasteiger partial charge in [0.2, 0.25) is 5.91 Å². The van der Waals surface area contributed by atoms with Gasteiger partial charge < -0.3 is 40.4 Å². The Hall–Kier alpha value is -0.350. The molecule has 1 aromatic heterocycles. The van der Waals surface area contributed by atoms with Gasteiger partial charge in [0.05, 0.1) is 12.1 Å². The van der Waals surface area contributed by atoms with Gasteiger partial charge in [-0.2, -0.15) is 0 Å². The second kappa shape index (κ2) is 15.8. The molecule has 16 heteroatoms. The number of carbonyl (C=O) groups is 2. The number of aliphatic carboxylic acids is 1. The molecule has 208 valence electrons. The summed E-state index contributed by atoms with van der Waals surface area (Å²) in [7, 11) is -4.83. The summed E-state index contributed by atoms with van der Waals surface area (Å²) >= 11 is 0. The third-order valence-corrected chi connectivity index (χ3v) is 7.24. The van der Waals surface area contributed by atoms with Gasteiger partial charge in [-0.1, -0.05) is 32.0 Å². The van der Waals surface area contributed by atoms with Gasteiger partial charge in [0.25, 0.3) is 0 Å². The van der Waals surface area contributed by atoms with Crippen LogP contribution in [0.5, 0.6) is 0 Å². The van der Waals surface area contributed by atoms with Crippen molar-refractivity contribution in [3.05, 3.63) is 36.0 Å². The van der Waals surface area contributed by atoms with Crippen LogP contribution in [0.1, 0.15) is 32.8 Å². The van der Waals surface area contributed by atoms with E-state index in [-0.39, 0.29) is 77.9 Å². The standard InChI is InChI=1S/C23H34N3O10P.2Na/c1-11(2)8-16(26-37(33,34)36-23-20(29)19(28)18(27)12(3)35-23)21(30)25-17(22(31)32)9-13-10-24-15-7-5-4-6-14(13)15;;/h4-7,10-12,16-20,23-24,27-29H,8-9H2,1-3H3,(H,25,30)(H,31,32)(H2,26,33,34);;/t12-,16-,17-,18-,19+,20+,23-;;/m0../s1. The van der Waals surface area contributed by atoms with Crippen molar-refractivity contribution in [2.75, 3.05) is 0 Å². The smallest absolute Gasteiger partial charge is 0.406 e. The molecule has 1 amide bonds. The number of hydrogen-bond acceptors (Lipinski definition) is 8. The molecule has 8 N–H and O–H groups in total. The Morgan fingerprint density at radius 1 is 1.10 bits per heavy atom. The Labute approximate surface area is 270 Å². The number of carbonyl (C=O) groups excluding carboxylic acids is 1. The number of carboxylic acid groups (broad SMARTS) is 1. The minimum absolute atomic E-state index is 0. The maximum absolute atomic E-state index is 13.1. The number of carboxylic acids is 1. The minimum Gasteiger partial charge on any atom is -0.480 e. The number of aromatic nitrogens is 1. The molecular formula is C23H34N3Na2O10P. The van der Waals surface area contributed by atoms with E-state index >= 15 is 0 Å². The van der Waals surface area contributed by atoms with Gasteiger partial charge in [0, 0.05) is 82.6 Å². The predicted octanol–water partition coefficient (Wildman–Crippen LogP) is -0.533. The van der Waals surface area contributed by atoms with Crippen LogP contribution in [0.15, 0.2) is 30.5 Å². The summed E-state index contributed by atoms with van der Waals surface area (Å²) in [5.74, 6) is -2.27. The van der Waals surface area contributed by atoms with E-state index in [9.17, 15) is 39.5 Å². The zero-order chi connectivity index (χ0) is 27.5. The van der Waals surface area contributed by atoms with Crippen LogP contribution >= 0.6 is 7.75 Å². The number of benzene rings is 1. The molecule has 0 saturated carbocycles. The van der Waals surface area contributed by atoms with E-state index in [0.717, 1.165) is 10.9 Å². The first-order chi connectivity index (χ1) is 17.3. The number of H-pyrrole nitrogens is 1. The third-order valence-electron chi connectivity index (χ3n) is 6.11. The van der Waals surface area contributed by atoms with Crippen molar-refractivity contribution in [2.45, 2.75) is 76.4 Å². The number of ether oxygens (including phenoxy) is 1. The summed E-state index contributed by atoms with van der Waals surface area (Å²) in [4.78, 5) is 38.5. The number of fused-ring (bicyclic) bond motifs is 1. The summed E-state index contributed by atoms with van der Waals surface area (Å²) in [6, 6.07) is 4.63. The van der Waals surface area contributed by atoms with Gasteiger partial charge in [-0.3, -0.25) is 9.32 Å². The topological polar surface area (TPSA) is 211 Å². The molecule has 13 nitrogen and oxygen atoms in total. The van der Waals surface area contributed by atoms with Crippen molar-refractivity contribution in [3.63, 3.8) is 0 Å². The average molecular weight is 589 g/mol. The molecule has 1 aliphatic rings. The van der Waals surface area contributed by atoms with E-state index < -0.39 is 62.4 Å². The average Bonchev–Trinajstić information content (AvgIpc) is 3.22. The van der Waals surface area contributed by atoms with Gasteiger partial charge in [0.1, 0.15) is 24.4 Å². The Balaban J connectivity index is 0.00000380. The fourth-order valence-corrected chi connectivity index (χ4v) is 5.28. The van der Waals surface area contributed by atoms with Crippen molar-refractivity contribution in [1.29, 1.82) is 0 Å². The van der Waals surface area contributed by atoms with E-state index in [0.29, 0.717) is 5.56 Å². The van der Waals surface area contributed by atoms with Gasteiger partial charge in [0.15, 0.2) is 6.29 Å². The largest absolute Gasteiger partial charge is 0.480 e. The summed E-state index contributed by atoms with van der Waals surface area (Å²) in [6.07, 6.45) is -6.08. The van der Waals surface area contributed by atoms with Gasteiger partial charge >= 0.3 is 13.7 Å². The maximum atomic E-state index is 13.1. The summed E-state index contributed by atoms with van der Waals surface area (Å²) in [6.45, 7) is 4.90. The molecule has 1 fully saturated rings. The number of aromatic amines is 1. The quantitative estimate of drug-likeness (QED) is 0.123. The minimum atomic E-state index is -4.83. The molecule has 1 saturated heterocycles. The Morgan fingerprint density at radius 2 is 1.74 bits per heavy atom. The van der Waals surface area contributed by atoms with Crippen LogP contribution in [0.4, 0.5) is 0 Å². The van der Waals surface area contributed by atoms with Crippen LogP contribution in [0.3, 0.4) is 0 Å². The number of aliphatic hydroxyl groups is 3. The second-order valence-electron chi connectivity index (χ2n) is 9.58. The Bertz CT molecular complexity index is 1150. The maximum Gasteiger partial charge on any atom is 0.406 e. The van der Waals surface area contributed by atoms with Crippen LogP contribution in [0.2, 0.25) is 0 Å². The van der Waals surface area contributed by atoms with Crippen LogP contribution in [-0.2, 0) is 29.8 Å². The van der Waals surface area contributed by atoms with Gasteiger partial charge in [-0.05, 0) is 30.9 Å². The molecule has 8 atom stereocenters. The summed E-state index contributed by atoms with van der Waals surface area (Å²) < 4.78 is 23.0. The molecule has 0 spiro atoms. The number of amides is 1. The number of hydrogen-bond donors (Lipinski definition) is 8. The monoisotopic (exact) mass is 589 g/mol. The first kappa shape index (κ1) is 36.7. The first-order valence-corrected chi connectivity index (χ1v) is 13.4. The number of nitrogens with one attached hydrogen (secondary N) is 3. The molecule has 2 aromatic rings. The number of rotatable bonds is 11. The van der Waals surface area contributed by atoms with Crippen LogP contribution < -0.4 is 10.4 Å². The summed E-state index contributed by atoms with van der Waals surface area (Å²) in [5, 5.41) is 45.0. The van der Waals surface area contributed by atoms with Crippen molar-refractivity contribution >= 4 is 89.6 Å². The molecule has 1 aromatic carbocycles. The van der Waals surface area contributed by atoms with Crippen LogP contribution in [0, 0.1) is 5.92 Å². The van der Waals surface area contributed by atoms with Gasteiger partial charge in [-0.15, -0.1) is 0 Å². The van der Waals surface area contributed by atoms with E-state index in [4.69, 9.17) is 9.26 Å². The van der Waals surface area contributed by atoms with E-state index in [1.165, 1.54) is 6.92 Å². The molecule has 1 aliphatic heterocycles. The molecule has 39 heavy (non-hydrogen) atoms. The molecule has 2 heterocycles. The van der Waals surface area contributed by atoms with Gasteiger partial charge in [-0.25, -0.2) is 14.4 Å². The van der Waals surface area contributed by atoms with Crippen LogP contribution in [0.25, 0.3) is 10.9 Å². The predicted molar refractivity (Wildman–Crippen MR) is 143 cm³/mol. The molecule has 0 aliphatic carbocycles. The molecule has 0 bridgehead atoms.